The highest BCUT2D eigenvalue weighted by Crippen LogP contribution is 2.32. The number of ether oxygens (including phenoxy) is 2. The van der Waals surface area contributed by atoms with Crippen LogP contribution in [0.1, 0.15) is 32.3 Å². The van der Waals surface area contributed by atoms with Crippen LogP contribution in [0.3, 0.4) is 0 Å². The van der Waals surface area contributed by atoms with E-state index in [0.29, 0.717) is 22.9 Å². The Balaban J connectivity index is 2.05. The molecule has 13 heteroatoms. The average Bonchev–Trinajstić information content (AvgIpc) is 3.00. The average molecular weight is 655 g/mol. The second-order valence-electron chi connectivity index (χ2n) is 9.60. The van der Waals surface area contributed by atoms with Crippen molar-refractivity contribution in [1.82, 2.24) is 10.2 Å². The van der Waals surface area contributed by atoms with Crippen molar-refractivity contribution in [2.75, 3.05) is 31.6 Å². The van der Waals surface area contributed by atoms with Crippen LogP contribution in [-0.4, -0.2) is 58.5 Å². The summed E-state index contributed by atoms with van der Waals surface area (Å²) in [5.41, 5.74) is 0.617. The number of sulfonamides is 1. The van der Waals surface area contributed by atoms with Crippen LogP contribution >= 0.6 is 23.2 Å². The largest absolute Gasteiger partial charge is 0.493 e. The molecule has 0 aromatic heterocycles. The number of nitrogens with one attached hydrogen (secondary N) is 1. The number of anilines is 1. The van der Waals surface area contributed by atoms with Crippen LogP contribution in [0.25, 0.3) is 0 Å². The Kier molecular flexibility index (Phi) is 12.1. The minimum atomic E-state index is -4.41. The Morgan fingerprint density at radius 2 is 1.63 bits per heavy atom. The number of rotatable bonds is 14. The van der Waals surface area contributed by atoms with E-state index in [1.54, 1.807) is 25.1 Å². The lowest BCUT2D eigenvalue weighted by Crippen LogP contribution is -2.51. The zero-order chi connectivity index (χ0) is 31.7. The number of carbonyl (C=O) groups excluding carboxylic acids is 2. The smallest absolute Gasteiger partial charge is 0.264 e. The summed E-state index contributed by atoms with van der Waals surface area (Å²) < 4.78 is 53.2. The molecule has 2 amide bonds. The molecule has 1 N–H and O–H groups in total. The van der Waals surface area contributed by atoms with Crippen LogP contribution in [0.2, 0.25) is 10.0 Å². The van der Waals surface area contributed by atoms with Crippen molar-refractivity contribution in [3.63, 3.8) is 0 Å². The summed E-state index contributed by atoms with van der Waals surface area (Å²) in [6, 6.07) is 12.5. The standard InChI is InChI=1S/C30H34Cl2FN3O6S/c1-5-6-15-34-30(38)20(2)35(18-21-7-13-25(31)26(32)16-21)29(37)19-36(23-10-8-22(33)9-11-23)43(39,40)24-12-14-27(41-3)28(17-24)42-4/h7-14,16-17,20H,5-6,15,18-19H2,1-4H3,(H,34,38)/t20-/m1/s1. The second-order valence-corrected chi connectivity index (χ2v) is 12.3. The van der Waals surface area contributed by atoms with E-state index >= 15 is 0 Å². The molecule has 0 spiro atoms. The van der Waals surface area contributed by atoms with E-state index in [9.17, 15) is 22.4 Å². The van der Waals surface area contributed by atoms with Gasteiger partial charge in [-0.2, -0.15) is 0 Å². The first-order valence-corrected chi connectivity index (χ1v) is 15.6. The van der Waals surface area contributed by atoms with Gasteiger partial charge in [-0.3, -0.25) is 13.9 Å². The quantitative estimate of drug-likeness (QED) is 0.225. The van der Waals surface area contributed by atoms with Crippen LogP contribution < -0.4 is 19.1 Å². The molecule has 0 fully saturated rings. The monoisotopic (exact) mass is 653 g/mol. The summed E-state index contributed by atoms with van der Waals surface area (Å²) in [4.78, 5) is 28.1. The molecule has 3 aromatic rings. The van der Waals surface area contributed by atoms with E-state index in [4.69, 9.17) is 32.7 Å². The van der Waals surface area contributed by atoms with Gasteiger partial charge in [0.15, 0.2) is 11.5 Å². The van der Waals surface area contributed by atoms with E-state index < -0.39 is 40.2 Å². The predicted molar refractivity (Wildman–Crippen MR) is 165 cm³/mol. The molecular formula is C30H34Cl2FN3O6S. The third-order valence-electron chi connectivity index (χ3n) is 6.67. The summed E-state index contributed by atoms with van der Waals surface area (Å²) in [6.45, 7) is 3.20. The molecule has 0 aliphatic carbocycles. The molecule has 0 saturated heterocycles. The molecule has 0 aliphatic heterocycles. The molecule has 0 aliphatic rings. The molecular weight excluding hydrogens is 620 g/mol. The second kappa shape index (κ2) is 15.3. The first-order valence-electron chi connectivity index (χ1n) is 13.4. The Morgan fingerprint density at radius 1 is 0.953 bits per heavy atom. The van der Waals surface area contributed by atoms with E-state index in [1.165, 1.54) is 49.5 Å². The highest BCUT2D eigenvalue weighted by molar-refractivity contribution is 7.92. The van der Waals surface area contributed by atoms with Gasteiger partial charge in [-0.15, -0.1) is 0 Å². The zero-order valence-electron chi connectivity index (χ0n) is 24.3. The molecule has 0 bridgehead atoms. The number of amides is 2. The number of carbonyl (C=O) groups is 2. The van der Waals surface area contributed by atoms with Crippen LogP contribution in [0.5, 0.6) is 11.5 Å². The van der Waals surface area contributed by atoms with Gasteiger partial charge in [0.2, 0.25) is 11.8 Å². The number of hydrogen-bond donors (Lipinski definition) is 1. The summed E-state index contributed by atoms with van der Waals surface area (Å²) >= 11 is 12.3. The third-order valence-corrected chi connectivity index (χ3v) is 9.18. The van der Waals surface area contributed by atoms with Crippen LogP contribution in [0, 0.1) is 5.82 Å². The lowest BCUT2D eigenvalue weighted by atomic mass is 10.1. The molecule has 3 rings (SSSR count). The van der Waals surface area contributed by atoms with E-state index in [0.717, 1.165) is 29.3 Å². The maximum Gasteiger partial charge on any atom is 0.264 e. The zero-order valence-corrected chi connectivity index (χ0v) is 26.6. The van der Waals surface area contributed by atoms with Gasteiger partial charge in [0.25, 0.3) is 10.0 Å². The molecule has 0 heterocycles. The highest BCUT2D eigenvalue weighted by Gasteiger charge is 2.33. The topological polar surface area (TPSA) is 105 Å². The number of unbranched alkanes of at least 4 members (excludes halogenated alkanes) is 1. The molecule has 1 atom stereocenters. The summed E-state index contributed by atoms with van der Waals surface area (Å²) in [6.07, 6.45) is 1.61. The van der Waals surface area contributed by atoms with Crippen LogP contribution in [0.4, 0.5) is 10.1 Å². The SMILES string of the molecule is CCCCNC(=O)[C@@H](C)N(Cc1ccc(Cl)c(Cl)c1)C(=O)CN(c1ccc(F)cc1)S(=O)(=O)c1ccc(OC)c(OC)c1. The number of benzene rings is 3. The van der Waals surface area contributed by atoms with Gasteiger partial charge in [-0.25, -0.2) is 12.8 Å². The van der Waals surface area contributed by atoms with Gasteiger partial charge in [-0.05, 0) is 67.4 Å². The lowest BCUT2D eigenvalue weighted by Gasteiger charge is -2.32. The molecule has 9 nitrogen and oxygen atoms in total. The van der Waals surface area contributed by atoms with Gasteiger partial charge in [0, 0.05) is 19.2 Å². The summed E-state index contributed by atoms with van der Waals surface area (Å²) in [7, 11) is -1.63. The van der Waals surface area contributed by atoms with Crippen LogP contribution in [-0.2, 0) is 26.2 Å². The Hall–Kier alpha value is -3.54. The van der Waals surface area contributed by atoms with Gasteiger partial charge in [-0.1, -0.05) is 42.6 Å². The fourth-order valence-electron chi connectivity index (χ4n) is 4.19. The molecule has 0 radical (unpaired) electrons. The van der Waals surface area contributed by atoms with Gasteiger partial charge in [0.05, 0.1) is 34.8 Å². The summed E-state index contributed by atoms with van der Waals surface area (Å²) in [5.74, 6) is -1.21. The normalized spacial score (nSPS) is 11.9. The van der Waals surface area contributed by atoms with Gasteiger partial charge in [0.1, 0.15) is 18.4 Å². The molecule has 0 saturated carbocycles. The molecule has 3 aromatic carbocycles. The minimum absolute atomic E-state index is 0.0408. The molecule has 232 valence electrons. The van der Waals surface area contributed by atoms with E-state index in [-0.39, 0.29) is 27.9 Å². The van der Waals surface area contributed by atoms with Crippen molar-refractivity contribution in [1.29, 1.82) is 0 Å². The van der Waals surface area contributed by atoms with Crippen molar-refractivity contribution in [3.05, 3.63) is 82.1 Å². The maximum atomic E-state index is 14.0. The first-order chi connectivity index (χ1) is 20.4. The fourth-order valence-corrected chi connectivity index (χ4v) is 5.94. The van der Waals surface area contributed by atoms with Crippen molar-refractivity contribution in [2.45, 2.75) is 44.2 Å². The Bertz CT molecular complexity index is 1540. The van der Waals surface area contributed by atoms with Gasteiger partial charge < -0.3 is 19.7 Å². The Morgan fingerprint density at radius 3 is 2.23 bits per heavy atom. The minimum Gasteiger partial charge on any atom is -0.493 e. The molecule has 43 heavy (non-hydrogen) atoms. The number of halogens is 3. The van der Waals surface area contributed by atoms with Crippen LogP contribution in [0.15, 0.2) is 65.6 Å². The third kappa shape index (κ3) is 8.52. The first kappa shape index (κ1) is 34.0. The van der Waals surface area contributed by atoms with Gasteiger partial charge >= 0.3 is 0 Å². The Labute approximate surface area is 261 Å². The van der Waals surface area contributed by atoms with Crippen molar-refractivity contribution in [2.24, 2.45) is 0 Å². The van der Waals surface area contributed by atoms with Crippen molar-refractivity contribution < 1.29 is 31.9 Å². The highest BCUT2D eigenvalue weighted by atomic mass is 35.5. The van der Waals surface area contributed by atoms with E-state index in [2.05, 4.69) is 5.32 Å². The number of nitrogens with zero attached hydrogens (tertiary/aromatic N) is 2. The number of hydrogen-bond acceptors (Lipinski definition) is 6. The fraction of sp³-hybridized carbons (Fsp3) is 0.333. The van der Waals surface area contributed by atoms with Crippen molar-refractivity contribution >= 4 is 50.7 Å². The predicted octanol–water partition coefficient (Wildman–Crippen LogP) is 5.68. The molecule has 0 unspecified atom stereocenters. The summed E-state index contributed by atoms with van der Waals surface area (Å²) in [5, 5.41) is 3.39. The maximum absolute atomic E-state index is 14.0. The lowest BCUT2D eigenvalue weighted by molar-refractivity contribution is -0.139. The number of methoxy groups -OCH3 is 2. The van der Waals surface area contributed by atoms with E-state index in [1.807, 2.05) is 6.92 Å². The van der Waals surface area contributed by atoms with Crippen molar-refractivity contribution in [3.8, 4) is 11.5 Å².